The summed E-state index contributed by atoms with van der Waals surface area (Å²) in [7, 11) is 0. The van der Waals surface area contributed by atoms with Crippen molar-refractivity contribution in [1.82, 2.24) is 5.32 Å². The molecule has 0 atom stereocenters. The van der Waals surface area contributed by atoms with Gasteiger partial charge in [0.05, 0.1) is 0 Å². The van der Waals surface area contributed by atoms with E-state index in [1.807, 2.05) is 0 Å². The zero-order valence-corrected chi connectivity index (χ0v) is 14.8. The number of imide groups is 1. The van der Waals surface area contributed by atoms with Gasteiger partial charge in [-0.05, 0) is 24.3 Å². The molecule has 3 amide bonds. The Balaban J connectivity index is 2.03. The Morgan fingerprint density at radius 3 is 2.50 bits per heavy atom. The number of ether oxygens (including phenoxy) is 2. The molecule has 0 fully saturated rings. The van der Waals surface area contributed by atoms with E-state index in [2.05, 4.69) is 0 Å². The van der Waals surface area contributed by atoms with Crippen molar-refractivity contribution in [2.24, 2.45) is 5.73 Å². The minimum Gasteiger partial charge on any atom is -0.488 e. The number of nitrogens with two attached hydrogens (primary N) is 1. The number of para-hydroxylation sites is 1. The molecule has 0 saturated heterocycles. The van der Waals surface area contributed by atoms with Crippen molar-refractivity contribution < 1.29 is 23.9 Å². The van der Waals surface area contributed by atoms with Crippen LogP contribution in [-0.4, -0.2) is 24.5 Å². The van der Waals surface area contributed by atoms with Crippen LogP contribution in [-0.2, 0) is 16.1 Å². The molecule has 0 radical (unpaired) electrons. The molecule has 0 spiro atoms. The average molecular weight is 397 g/mol. The van der Waals surface area contributed by atoms with E-state index in [9.17, 15) is 14.4 Å². The maximum absolute atomic E-state index is 12.1. The Morgan fingerprint density at radius 1 is 1.08 bits per heavy atom. The molecule has 9 heteroatoms. The van der Waals surface area contributed by atoms with Gasteiger partial charge in [0.25, 0.3) is 5.91 Å². The molecule has 0 aliphatic heterocycles. The van der Waals surface area contributed by atoms with Gasteiger partial charge in [0.15, 0.2) is 6.61 Å². The van der Waals surface area contributed by atoms with E-state index < -0.39 is 24.5 Å². The van der Waals surface area contributed by atoms with Crippen LogP contribution in [0.15, 0.2) is 42.5 Å². The van der Waals surface area contributed by atoms with E-state index in [1.165, 1.54) is 6.07 Å². The minimum atomic E-state index is -1.03. The first-order chi connectivity index (χ1) is 12.4. The number of halogens is 2. The summed E-state index contributed by atoms with van der Waals surface area (Å²) >= 11 is 11.9. The number of primary amides is 1. The second-order valence-corrected chi connectivity index (χ2v) is 5.85. The van der Waals surface area contributed by atoms with E-state index in [0.29, 0.717) is 15.6 Å². The smallest absolute Gasteiger partial charge is 0.342 e. The number of nitrogens with one attached hydrogen (secondary N) is 1. The van der Waals surface area contributed by atoms with E-state index in [1.54, 1.807) is 41.7 Å². The summed E-state index contributed by atoms with van der Waals surface area (Å²) < 4.78 is 10.5. The molecule has 0 aliphatic rings. The van der Waals surface area contributed by atoms with Crippen molar-refractivity contribution in [3.05, 3.63) is 63.6 Å². The molecule has 7 nitrogen and oxygen atoms in total. The van der Waals surface area contributed by atoms with Crippen LogP contribution in [0.1, 0.15) is 15.9 Å². The third kappa shape index (κ3) is 5.65. The number of amides is 3. The molecular weight excluding hydrogens is 383 g/mol. The number of urea groups is 1. The molecule has 0 aromatic heterocycles. The summed E-state index contributed by atoms with van der Waals surface area (Å²) in [5.74, 6) is -1.38. The zero-order valence-electron chi connectivity index (χ0n) is 13.3. The zero-order chi connectivity index (χ0) is 19.1. The van der Waals surface area contributed by atoms with Crippen molar-refractivity contribution >= 4 is 41.1 Å². The predicted octanol–water partition coefficient (Wildman–Crippen LogP) is 2.92. The quantitative estimate of drug-likeness (QED) is 0.729. The van der Waals surface area contributed by atoms with Crippen LogP contribution in [0.4, 0.5) is 4.79 Å². The van der Waals surface area contributed by atoms with E-state index in [-0.39, 0.29) is 17.9 Å². The van der Waals surface area contributed by atoms with Gasteiger partial charge in [-0.15, -0.1) is 0 Å². The fraction of sp³-hybridized carbons (Fsp3) is 0.118. The molecule has 26 heavy (non-hydrogen) atoms. The van der Waals surface area contributed by atoms with E-state index in [0.717, 1.165) is 0 Å². The molecule has 0 bridgehead atoms. The second-order valence-electron chi connectivity index (χ2n) is 5.01. The van der Waals surface area contributed by atoms with E-state index >= 15 is 0 Å². The van der Waals surface area contributed by atoms with Gasteiger partial charge in [-0.2, -0.15) is 0 Å². The maximum Gasteiger partial charge on any atom is 0.342 e. The predicted molar refractivity (Wildman–Crippen MR) is 95.2 cm³/mol. The number of carbonyl (C=O) groups is 3. The van der Waals surface area contributed by atoms with E-state index in [4.69, 9.17) is 38.4 Å². The number of rotatable bonds is 6. The SMILES string of the molecule is NC(=O)NC(=O)COC(=O)c1ccccc1OCc1ccc(Cl)cc1Cl. The van der Waals surface area contributed by atoms with Gasteiger partial charge in [-0.25, -0.2) is 9.59 Å². The molecule has 2 rings (SSSR count). The van der Waals surface area contributed by atoms with Crippen LogP contribution in [0.3, 0.4) is 0 Å². The highest BCUT2D eigenvalue weighted by Gasteiger charge is 2.16. The Bertz CT molecular complexity index is 842. The van der Waals surface area contributed by atoms with Crippen LogP contribution in [0.2, 0.25) is 10.0 Å². The molecule has 3 N–H and O–H groups in total. The Hall–Kier alpha value is -2.77. The monoisotopic (exact) mass is 396 g/mol. The van der Waals surface area contributed by atoms with Gasteiger partial charge >= 0.3 is 12.0 Å². The van der Waals surface area contributed by atoms with Crippen molar-refractivity contribution in [3.8, 4) is 5.75 Å². The van der Waals surface area contributed by atoms with Crippen LogP contribution >= 0.6 is 23.2 Å². The minimum absolute atomic E-state index is 0.0997. The number of benzene rings is 2. The Morgan fingerprint density at radius 2 is 1.81 bits per heavy atom. The summed E-state index contributed by atoms with van der Waals surface area (Å²) in [5, 5.41) is 2.72. The fourth-order valence-electron chi connectivity index (χ4n) is 1.94. The molecule has 0 aliphatic carbocycles. The van der Waals surface area contributed by atoms with Crippen molar-refractivity contribution in [2.75, 3.05) is 6.61 Å². The molecule has 2 aromatic carbocycles. The van der Waals surface area contributed by atoms with Gasteiger partial charge in [0.1, 0.15) is 17.9 Å². The van der Waals surface area contributed by atoms with Gasteiger partial charge in [-0.1, -0.05) is 41.4 Å². The Kier molecular flexibility index (Phi) is 6.82. The number of hydrogen-bond acceptors (Lipinski definition) is 5. The van der Waals surface area contributed by atoms with Gasteiger partial charge in [0.2, 0.25) is 0 Å². The fourth-order valence-corrected chi connectivity index (χ4v) is 2.40. The number of carbonyl (C=O) groups excluding carboxylic acids is 3. The number of hydrogen-bond donors (Lipinski definition) is 2. The lowest BCUT2D eigenvalue weighted by molar-refractivity contribution is -0.123. The Labute approximate surface area is 159 Å². The normalized spacial score (nSPS) is 10.1. The topological polar surface area (TPSA) is 108 Å². The highest BCUT2D eigenvalue weighted by atomic mass is 35.5. The highest BCUT2D eigenvalue weighted by Crippen LogP contribution is 2.24. The van der Waals surface area contributed by atoms with Gasteiger partial charge in [0, 0.05) is 15.6 Å². The van der Waals surface area contributed by atoms with Gasteiger partial charge < -0.3 is 15.2 Å². The third-order valence-electron chi connectivity index (χ3n) is 3.10. The van der Waals surface area contributed by atoms with Crippen LogP contribution in [0, 0.1) is 0 Å². The maximum atomic E-state index is 12.1. The van der Waals surface area contributed by atoms with Crippen molar-refractivity contribution in [1.29, 1.82) is 0 Å². The summed E-state index contributed by atoms with van der Waals surface area (Å²) in [5.41, 5.74) is 5.60. The molecular formula is C17H14Cl2N2O5. The summed E-state index contributed by atoms with van der Waals surface area (Å²) in [6.07, 6.45) is 0. The first kappa shape index (κ1) is 19.6. The lowest BCUT2D eigenvalue weighted by atomic mass is 10.2. The molecule has 0 saturated carbocycles. The lowest BCUT2D eigenvalue weighted by Gasteiger charge is -2.12. The number of esters is 1. The highest BCUT2D eigenvalue weighted by molar-refractivity contribution is 6.35. The summed E-state index contributed by atoms with van der Waals surface area (Å²) in [4.78, 5) is 34.0. The standard InChI is InChI=1S/C17H14Cl2N2O5/c18-11-6-5-10(13(19)7-11)8-25-14-4-2-1-3-12(14)16(23)26-9-15(22)21-17(20)24/h1-7H,8-9H2,(H3,20,21,22,24). The molecule has 0 unspecified atom stereocenters. The van der Waals surface area contributed by atoms with Crippen LogP contribution in [0.25, 0.3) is 0 Å². The summed E-state index contributed by atoms with van der Waals surface area (Å²) in [6.45, 7) is -0.554. The molecule has 0 heterocycles. The molecule has 2 aromatic rings. The van der Waals surface area contributed by atoms with Gasteiger partial charge in [-0.3, -0.25) is 10.1 Å². The van der Waals surface area contributed by atoms with Crippen molar-refractivity contribution in [2.45, 2.75) is 6.61 Å². The molecule has 136 valence electrons. The lowest BCUT2D eigenvalue weighted by Crippen LogP contribution is -2.37. The first-order valence-corrected chi connectivity index (χ1v) is 8.04. The van der Waals surface area contributed by atoms with Crippen LogP contribution in [0.5, 0.6) is 5.75 Å². The largest absolute Gasteiger partial charge is 0.488 e. The van der Waals surface area contributed by atoms with Crippen LogP contribution < -0.4 is 15.8 Å². The second kappa shape index (κ2) is 9.07. The average Bonchev–Trinajstić information content (AvgIpc) is 2.58. The van der Waals surface area contributed by atoms with Crippen molar-refractivity contribution in [3.63, 3.8) is 0 Å². The third-order valence-corrected chi connectivity index (χ3v) is 3.69. The first-order valence-electron chi connectivity index (χ1n) is 7.29. The summed E-state index contributed by atoms with van der Waals surface area (Å²) in [6, 6.07) is 10.3.